The van der Waals surface area contributed by atoms with Crippen molar-refractivity contribution in [2.45, 2.75) is 17.3 Å². The van der Waals surface area contributed by atoms with Gasteiger partial charge in [-0.3, -0.25) is 4.79 Å². The minimum Gasteiger partial charge on any atom is -0.323 e. The fourth-order valence-electron chi connectivity index (χ4n) is 1.45. The van der Waals surface area contributed by atoms with Gasteiger partial charge in [0.05, 0.1) is 10.9 Å². The molecule has 0 aliphatic rings. The van der Waals surface area contributed by atoms with Gasteiger partial charge in [-0.15, -0.1) is 10.2 Å². The number of benzene rings is 1. The maximum Gasteiger partial charge on any atom is 0.237 e. The molecule has 9 heteroatoms. The summed E-state index contributed by atoms with van der Waals surface area (Å²) < 4.78 is 41.0. The van der Waals surface area contributed by atoms with Crippen molar-refractivity contribution in [3.8, 4) is 0 Å². The van der Waals surface area contributed by atoms with Crippen LogP contribution in [0.25, 0.3) is 0 Å². The van der Waals surface area contributed by atoms with Crippen LogP contribution in [-0.4, -0.2) is 25.9 Å². The Morgan fingerprint density at radius 3 is 2.67 bits per heavy atom. The number of hydrogen-bond donors (Lipinski definition) is 1. The van der Waals surface area contributed by atoms with Crippen LogP contribution >= 0.6 is 11.8 Å². The van der Waals surface area contributed by atoms with Crippen molar-refractivity contribution in [1.82, 2.24) is 14.8 Å². The first kappa shape index (κ1) is 15.4. The number of amides is 1. The molecule has 1 aromatic heterocycles. The van der Waals surface area contributed by atoms with E-state index in [1.807, 2.05) is 0 Å². The highest BCUT2D eigenvalue weighted by atomic mass is 32.2. The summed E-state index contributed by atoms with van der Waals surface area (Å²) in [4.78, 5) is 11.9. The molecule has 21 heavy (non-hydrogen) atoms. The average Bonchev–Trinajstić information content (AvgIpc) is 2.85. The Morgan fingerprint density at radius 1 is 1.33 bits per heavy atom. The summed E-state index contributed by atoms with van der Waals surface area (Å²) in [6.07, 6.45) is 1.47. The van der Waals surface area contributed by atoms with Gasteiger partial charge in [-0.05, 0) is 19.1 Å². The van der Waals surface area contributed by atoms with Gasteiger partial charge in [-0.1, -0.05) is 11.8 Å². The lowest BCUT2D eigenvalue weighted by atomic mass is 10.2. The third kappa shape index (κ3) is 3.35. The number of halogens is 3. The third-order valence-electron chi connectivity index (χ3n) is 2.61. The van der Waals surface area contributed by atoms with Crippen LogP contribution in [0.5, 0.6) is 0 Å². The first-order valence-electron chi connectivity index (χ1n) is 5.85. The average molecular weight is 316 g/mol. The summed E-state index contributed by atoms with van der Waals surface area (Å²) in [7, 11) is 1.71. The number of carbonyl (C=O) groups is 1. The third-order valence-corrected chi connectivity index (χ3v) is 3.76. The van der Waals surface area contributed by atoms with Crippen LogP contribution < -0.4 is 5.32 Å². The largest absolute Gasteiger partial charge is 0.323 e. The van der Waals surface area contributed by atoms with Gasteiger partial charge in [-0.2, -0.15) is 0 Å². The summed E-state index contributed by atoms with van der Waals surface area (Å²) >= 11 is 1.10. The van der Waals surface area contributed by atoms with Crippen molar-refractivity contribution in [3.63, 3.8) is 0 Å². The molecule has 1 aromatic carbocycles. The Balaban J connectivity index is 2.08. The van der Waals surface area contributed by atoms with Crippen LogP contribution in [0.15, 0.2) is 23.6 Å². The molecular formula is C12H11F3N4OS. The minimum atomic E-state index is -1.62. The minimum absolute atomic E-state index is 0.413. The molecule has 0 aliphatic carbocycles. The van der Waals surface area contributed by atoms with Crippen molar-refractivity contribution in [2.24, 2.45) is 7.05 Å². The van der Waals surface area contributed by atoms with Crippen LogP contribution in [0.1, 0.15) is 6.92 Å². The van der Waals surface area contributed by atoms with E-state index in [4.69, 9.17) is 0 Å². The fraction of sp³-hybridized carbons (Fsp3) is 0.250. The van der Waals surface area contributed by atoms with E-state index in [9.17, 15) is 18.0 Å². The van der Waals surface area contributed by atoms with Crippen molar-refractivity contribution < 1.29 is 18.0 Å². The van der Waals surface area contributed by atoms with Crippen molar-refractivity contribution in [3.05, 3.63) is 35.9 Å². The topological polar surface area (TPSA) is 59.8 Å². The van der Waals surface area contributed by atoms with Gasteiger partial charge < -0.3 is 9.88 Å². The van der Waals surface area contributed by atoms with Gasteiger partial charge in [0.1, 0.15) is 6.33 Å². The summed E-state index contributed by atoms with van der Waals surface area (Å²) in [5, 5.41) is 9.55. The maximum atomic E-state index is 13.5. The monoisotopic (exact) mass is 316 g/mol. The number of nitrogens with one attached hydrogen (secondary N) is 1. The van der Waals surface area contributed by atoms with Gasteiger partial charge in [0.2, 0.25) is 5.91 Å². The molecule has 2 rings (SSSR count). The molecule has 2 aromatic rings. The van der Waals surface area contributed by atoms with Gasteiger partial charge in [0, 0.05) is 7.05 Å². The normalized spacial score (nSPS) is 12.2. The molecule has 0 spiro atoms. The lowest BCUT2D eigenvalue weighted by Gasteiger charge is -2.12. The second-order valence-corrected chi connectivity index (χ2v) is 5.50. The molecule has 5 nitrogen and oxygen atoms in total. The Morgan fingerprint density at radius 2 is 2.05 bits per heavy atom. The zero-order valence-corrected chi connectivity index (χ0v) is 11.9. The van der Waals surface area contributed by atoms with Gasteiger partial charge in [0.25, 0.3) is 0 Å². The van der Waals surface area contributed by atoms with E-state index in [0.717, 1.165) is 23.9 Å². The standard InChI is InChI=1S/C12H11F3N4OS/c1-6(21-12-18-16-5-19(12)2)11(20)17-8-4-3-7(13)9(14)10(8)15/h3-6H,1-2H3,(H,17,20)/t6-/m0/s1. The molecule has 1 N–H and O–H groups in total. The molecule has 0 fully saturated rings. The Bertz CT molecular complexity index is 677. The highest BCUT2D eigenvalue weighted by Gasteiger charge is 2.20. The summed E-state index contributed by atoms with van der Waals surface area (Å²) in [6, 6.07) is 1.71. The molecule has 0 saturated carbocycles. The number of anilines is 1. The molecule has 1 atom stereocenters. The number of hydrogen-bond acceptors (Lipinski definition) is 4. The van der Waals surface area contributed by atoms with Crippen molar-refractivity contribution in [1.29, 1.82) is 0 Å². The number of nitrogens with zero attached hydrogens (tertiary/aromatic N) is 3. The van der Waals surface area contributed by atoms with Crippen molar-refractivity contribution in [2.75, 3.05) is 5.32 Å². The van der Waals surface area contributed by atoms with E-state index in [1.165, 1.54) is 6.33 Å². The molecular weight excluding hydrogens is 305 g/mol. The van der Waals surface area contributed by atoms with Gasteiger partial charge in [0.15, 0.2) is 22.6 Å². The number of thioether (sulfide) groups is 1. The number of aromatic nitrogens is 3. The zero-order valence-electron chi connectivity index (χ0n) is 11.1. The van der Waals surface area contributed by atoms with E-state index in [1.54, 1.807) is 18.5 Å². The molecule has 1 heterocycles. The molecule has 0 radical (unpaired) electrons. The second-order valence-electron chi connectivity index (χ2n) is 4.20. The predicted octanol–water partition coefficient (Wildman–Crippen LogP) is 2.35. The van der Waals surface area contributed by atoms with Gasteiger partial charge >= 0.3 is 0 Å². The van der Waals surface area contributed by atoms with E-state index in [2.05, 4.69) is 15.5 Å². The summed E-state index contributed by atoms with van der Waals surface area (Å²) in [5.74, 6) is -4.93. The van der Waals surface area contributed by atoms with Gasteiger partial charge in [-0.25, -0.2) is 13.2 Å². The molecule has 0 saturated heterocycles. The number of carbonyl (C=O) groups excluding carboxylic acids is 1. The van der Waals surface area contributed by atoms with Crippen LogP contribution in [-0.2, 0) is 11.8 Å². The maximum absolute atomic E-state index is 13.5. The molecule has 0 aliphatic heterocycles. The predicted molar refractivity (Wildman–Crippen MR) is 71.3 cm³/mol. The summed E-state index contributed by atoms with van der Waals surface area (Å²) in [6.45, 7) is 1.58. The van der Waals surface area contributed by atoms with Crippen LogP contribution in [0, 0.1) is 17.5 Å². The Hall–Kier alpha value is -2.03. The Kier molecular flexibility index (Phi) is 4.51. The zero-order chi connectivity index (χ0) is 15.6. The fourth-order valence-corrected chi connectivity index (χ4v) is 2.24. The lowest BCUT2D eigenvalue weighted by Crippen LogP contribution is -2.23. The van der Waals surface area contributed by atoms with Crippen LogP contribution in [0.4, 0.5) is 18.9 Å². The molecule has 0 bridgehead atoms. The first-order valence-corrected chi connectivity index (χ1v) is 6.73. The van der Waals surface area contributed by atoms with E-state index < -0.39 is 34.3 Å². The van der Waals surface area contributed by atoms with E-state index >= 15 is 0 Å². The van der Waals surface area contributed by atoms with Crippen molar-refractivity contribution >= 4 is 23.4 Å². The number of aryl methyl sites for hydroxylation is 1. The molecule has 112 valence electrons. The second kappa shape index (κ2) is 6.17. The summed E-state index contributed by atoms with van der Waals surface area (Å²) in [5.41, 5.74) is -0.413. The van der Waals surface area contributed by atoms with E-state index in [-0.39, 0.29) is 0 Å². The number of rotatable bonds is 4. The highest BCUT2D eigenvalue weighted by Crippen LogP contribution is 2.23. The first-order chi connectivity index (χ1) is 9.90. The lowest BCUT2D eigenvalue weighted by molar-refractivity contribution is -0.115. The Labute approximate surface area is 122 Å². The molecule has 1 amide bonds. The highest BCUT2D eigenvalue weighted by molar-refractivity contribution is 8.00. The van der Waals surface area contributed by atoms with Crippen LogP contribution in [0.3, 0.4) is 0 Å². The smallest absolute Gasteiger partial charge is 0.237 e. The van der Waals surface area contributed by atoms with E-state index in [0.29, 0.717) is 5.16 Å². The van der Waals surface area contributed by atoms with Crippen LogP contribution in [0.2, 0.25) is 0 Å². The molecule has 0 unspecified atom stereocenters. The quantitative estimate of drug-likeness (QED) is 0.695. The SMILES string of the molecule is C[C@H](Sc1nncn1C)C(=O)Nc1ccc(F)c(F)c1F.